The highest BCUT2D eigenvalue weighted by Gasteiger charge is 2.30. The fraction of sp³-hybridized carbons (Fsp3) is 0.286. The molecule has 1 aromatic carbocycles. The Morgan fingerprint density at radius 1 is 1.10 bits per heavy atom. The molecule has 0 saturated carbocycles. The summed E-state index contributed by atoms with van der Waals surface area (Å²) in [6.07, 6.45) is -1.82. The number of nitrogens with zero attached hydrogens (tertiary/aromatic N) is 4. The highest BCUT2D eigenvalue weighted by Crippen LogP contribution is 2.33. The van der Waals surface area contributed by atoms with Gasteiger partial charge in [0, 0.05) is 35.9 Å². The molecule has 160 valence electrons. The number of para-hydroxylation sites is 1. The number of morpholine rings is 1. The zero-order valence-corrected chi connectivity index (χ0v) is 16.3. The van der Waals surface area contributed by atoms with Crippen LogP contribution < -0.4 is 10.5 Å². The van der Waals surface area contributed by atoms with Crippen molar-refractivity contribution >= 4 is 27.5 Å². The van der Waals surface area contributed by atoms with Gasteiger partial charge >= 0.3 is 6.18 Å². The summed E-state index contributed by atoms with van der Waals surface area (Å²) in [6.45, 7) is 1.22. The minimum Gasteiger partial charge on any atom is -0.378 e. The van der Waals surface area contributed by atoms with E-state index in [0.29, 0.717) is 42.9 Å². The third-order valence-corrected chi connectivity index (χ3v) is 5.43. The summed E-state index contributed by atoms with van der Waals surface area (Å²) in [5.41, 5.74) is 1.97. The number of nitrogens with one attached hydrogen (secondary N) is 1. The van der Waals surface area contributed by atoms with E-state index in [1.807, 2.05) is 24.3 Å². The second kappa shape index (κ2) is 7.38. The van der Waals surface area contributed by atoms with Crippen LogP contribution in [0.15, 0.2) is 47.5 Å². The van der Waals surface area contributed by atoms with Crippen LogP contribution in [0.25, 0.3) is 33.1 Å². The molecular formula is C21H18F3N5O2. The van der Waals surface area contributed by atoms with Gasteiger partial charge < -0.3 is 9.64 Å². The average Bonchev–Trinajstić information content (AvgIpc) is 3.26. The zero-order valence-electron chi connectivity index (χ0n) is 16.3. The number of H-pyrrole nitrogens is 1. The molecule has 0 amide bonds. The SMILES string of the molecule is O=c1c2cn[nH]c2c2cnc(-c3ccccc3N3CCOCC3)cc2n1CC(F)(F)F. The molecule has 4 aromatic rings. The van der Waals surface area contributed by atoms with Gasteiger partial charge in [-0.1, -0.05) is 18.2 Å². The fourth-order valence-electron chi connectivity index (χ4n) is 4.02. The van der Waals surface area contributed by atoms with E-state index in [1.54, 1.807) is 6.07 Å². The predicted octanol–water partition coefficient (Wildman–Crippen LogP) is 3.34. The molecule has 0 bridgehead atoms. The molecule has 7 nitrogen and oxygen atoms in total. The Bertz CT molecular complexity index is 1320. The van der Waals surface area contributed by atoms with Gasteiger partial charge in [0.25, 0.3) is 5.56 Å². The van der Waals surface area contributed by atoms with Gasteiger partial charge in [0.15, 0.2) is 0 Å². The Morgan fingerprint density at radius 3 is 2.65 bits per heavy atom. The third-order valence-electron chi connectivity index (χ3n) is 5.43. The lowest BCUT2D eigenvalue weighted by Gasteiger charge is -2.30. The second-order valence-electron chi connectivity index (χ2n) is 7.37. The number of alkyl halides is 3. The molecule has 1 aliphatic heterocycles. The maximum atomic E-state index is 13.3. The molecule has 0 radical (unpaired) electrons. The summed E-state index contributed by atoms with van der Waals surface area (Å²) >= 11 is 0. The molecule has 1 fully saturated rings. The number of halogens is 3. The molecule has 0 unspecified atom stereocenters. The van der Waals surface area contributed by atoms with Crippen LogP contribution in [-0.4, -0.2) is 52.2 Å². The van der Waals surface area contributed by atoms with Gasteiger partial charge in [-0.15, -0.1) is 0 Å². The van der Waals surface area contributed by atoms with E-state index in [4.69, 9.17) is 4.74 Å². The van der Waals surface area contributed by atoms with Crippen molar-refractivity contribution in [2.45, 2.75) is 12.7 Å². The summed E-state index contributed by atoms with van der Waals surface area (Å²) in [7, 11) is 0. The lowest BCUT2D eigenvalue weighted by atomic mass is 10.1. The molecule has 31 heavy (non-hydrogen) atoms. The van der Waals surface area contributed by atoms with Crippen LogP contribution in [-0.2, 0) is 11.3 Å². The van der Waals surface area contributed by atoms with Gasteiger partial charge in [-0.2, -0.15) is 18.3 Å². The van der Waals surface area contributed by atoms with E-state index < -0.39 is 18.3 Å². The average molecular weight is 429 g/mol. The van der Waals surface area contributed by atoms with Crippen LogP contribution in [0.5, 0.6) is 0 Å². The third kappa shape index (κ3) is 3.52. The number of pyridine rings is 2. The summed E-state index contributed by atoms with van der Waals surface area (Å²) < 4.78 is 46.0. The topological polar surface area (TPSA) is 76.0 Å². The van der Waals surface area contributed by atoms with Gasteiger partial charge in [0.05, 0.1) is 41.5 Å². The molecule has 5 rings (SSSR count). The Kier molecular flexibility index (Phi) is 4.66. The van der Waals surface area contributed by atoms with Crippen molar-refractivity contribution in [3.63, 3.8) is 0 Å². The first-order chi connectivity index (χ1) is 14.9. The number of rotatable bonds is 3. The summed E-state index contributed by atoms with van der Waals surface area (Å²) in [6, 6.07) is 9.13. The Labute approximate surface area is 174 Å². The molecule has 1 N–H and O–H groups in total. The van der Waals surface area contributed by atoms with Gasteiger partial charge in [-0.3, -0.25) is 19.4 Å². The molecule has 1 aliphatic rings. The van der Waals surface area contributed by atoms with Crippen molar-refractivity contribution in [1.29, 1.82) is 0 Å². The van der Waals surface area contributed by atoms with Crippen molar-refractivity contribution in [1.82, 2.24) is 19.7 Å². The number of ether oxygens (including phenoxy) is 1. The standard InChI is InChI=1S/C21H18F3N5O2/c22-21(23,24)12-29-18-9-16(25-10-14(18)19-15(20(29)30)11-26-27-19)13-3-1-2-4-17(13)28-5-7-31-8-6-28/h1-4,9-11H,5-8,12H2,(H,26,27). The zero-order chi connectivity index (χ0) is 21.6. The minimum absolute atomic E-state index is 0.0972. The lowest BCUT2D eigenvalue weighted by Crippen LogP contribution is -2.36. The number of aromatic nitrogens is 4. The van der Waals surface area contributed by atoms with E-state index in [9.17, 15) is 18.0 Å². The molecular weight excluding hydrogens is 411 g/mol. The van der Waals surface area contributed by atoms with Crippen LogP contribution >= 0.6 is 0 Å². The quantitative estimate of drug-likeness (QED) is 0.541. The fourth-order valence-corrected chi connectivity index (χ4v) is 4.02. The number of aromatic amines is 1. The molecule has 0 atom stereocenters. The first kappa shape index (κ1) is 19.6. The highest BCUT2D eigenvalue weighted by molar-refractivity contribution is 6.03. The second-order valence-corrected chi connectivity index (χ2v) is 7.37. The molecule has 0 spiro atoms. The van der Waals surface area contributed by atoms with Crippen LogP contribution in [0.1, 0.15) is 0 Å². The van der Waals surface area contributed by atoms with Crippen molar-refractivity contribution in [3.05, 3.63) is 53.1 Å². The highest BCUT2D eigenvalue weighted by atomic mass is 19.4. The number of benzene rings is 1. The van der Waals surface area contributed by atoms with Crippen LogP contribution in [0.4, 0.5) is 18.9 Å². The van der Waals surface area contributed by atoms with E-state index in [1.165, 1.54) is 12.4 Å². The van der Waals surface area contributed by atoms with Crippen molar-refractivity contribution in [2.24, 2.45) is 0 Å². The van der Waals surface area contributed by atoms with Crippen LogP contribution in [0.3, 0.4) is 0 Å². The van der Waals surface area contributed by atoms with Crippen molar-refractivity contribution in [2.75, 3.05) is 31.2 Å². The number of anilines is 1. The minimum atomic E-state index is -4.55. The molecule has 10 heteroatoms. The first-order valence-corrected chi connectivity index (χ1v) is 9.77. The first-order valence-electron chi connectivity index (χ1n) is 9.77. The lowest BCUT2D eigenvalue weighted by molar-refractivity contribution is -0.140. The van der Waals surface area contributed by atoms with E-state index >= 15 is 0 Å². The Morgan fingerprint density at radius 2 is 1.87 bits per heavy atom. The van der Waals surface area contributed by atoms with Gasteiger partial charge in [0.1, 0.15) is 6.54 Å². The Hall–Kier alpha value is -3.40. The van der Waals surface area contributed by atoms with Gasteiger partial charge in [-0.25, -0.2) is 0 Å². The van der Waals surface area contributed by atoms with Gasteiger partial charge in [-0.05, 0) is 12.1 Å². The Balaban J connectivity index is 1.73. The number of hydrogen-bond donors (Lipinski definition) is 1. The summed E-state index contributed by atoms with van der Waals surface area (Å²) in [5.74, 6) is 0. The summed E-state index contributed by atoms with van der Waals surface area (Å²) in [5, 5.41) is 7.05. The molecule has 4 heterocycles. The van der Waals surface area contributed by atoms with Crippen LogP contribution in [0, 0.1) is 0 Å². The van der Waals surface area contributed by atoms with E-state index in [2.05, 4.69) is 20.1 Å². The van der Waals surface area contributed by atoms with Crippen molar-refractivity contribution < 1.29 is 17.9 Å². The predicted molar refractivity (Wildman–Crippen MR) is 110 cm³/mol. The van der Waals surface area contributed by atoms with Gasteiger partial charge in [0.2, 0.25) is 0 Å². The molecule has 0 aliphatic carbocycles. The normalized spacial score (nSPS) is 15.1. The van der Waals surface area contributed by atoms with E-state index in [0.717, 1.165) is 15.8 Å². The largest absolute Gasteiger partial charge is 0.406 e. The smallest absolute Gasteiger partial charge is 0.378 e. The van der Waals surface area contributed by atoms with E-state index in [-0.39, 0.29) is 10.9 Å². The molecule has 1 saturated heterocycles. The van der Waals surface area contributed by atoms with Crippen LogP contribution in [0.2, 0.25) is 0 Å². The van der Waals surface area contributed by atoms with Crippen molar-refractivity contribution in [3.8, 4) is 11.3 Å². The number of fused-ring (bicyclic) bond motifs is 3. The number of hydrogen-bond acceptors (Lipinski definition) is 5. The maximum absolute atomic E-state index is 13.3. The molecule has 3 aromatic heterocycles. The summed E-state index contributed by atoms with van der Waals surface area (Å²) in [4.78, 5) is 19.5. The maximum Gasteiger partial charge on any atom is 0.406 e. The monoisotopic (exact) mass is 429 g/mol.